The molecule has 0 aliphatic heterocycles. The molecule has 1 aromatic rings. The zero-order valence-electron chi connectivity index (χ0n) is 11.6. The number of thioether (sulfide) groups is 1. The number of hydrogen-bond donors (Lipinski definition) is 2. The highest BCUT2D eigenvalue weighted by Gasteiger charge is 2.31. The number of hydrogen-bond acceptors (Lipinski definition) is 3. The van der Waals surface area contributed by atoms with E-state index in [1.807, 2.05) is 24.3 Å². The van der Waals surface area contributed by atoms with Crippen LogP contribution in [0, 0.1) is 5.92 Å². The van der Waals surface area contributed by atoms with Crippen molar-refractivity contribution < 1.29 is 4.79 Å². The molecule has 1 aromatic carbocycles. The molecule has 4 heteroatoms. The minimum Gasteiger partial charge on any atom is -0.348 e. The molecule has 19 heavy (non-hydrogen) atoms. The molecule has 2 rings (SSSR count). The molecule has 0 aromatic heterocycles. The average molecular weight is 278 g/mol. The molecule has 3 nitrogen and oxygen atoms in total. The fourth-order valence-corrected chi connectivity index (χ4v) is 3.08. The summed E-state index contributed by atoms with van der Waals surface area (Å²) in [5.74, 6) is 0.588. The van der Waals surface area contributed by atoms with Crippen molar-refractivity contribution in [1.29, 1.82) is 0 Å². The van der Waals surface area contributed by atoms with Crippen LogP contribution < -0.4 is 11.1 Å². The van der Waals surface area contributed by atoms with E-state index in [0.717, 1.165) is 10.5 Å². The molecule has 0 spiro atoms. The SMILES string of the molecule is CC(C)Sc1ccccc1C(=O)NC(CN)C1CC1. The zero-order valence-corrected chi connectivity index (χ0v) is 12.4. The second-order valence-electron chi connectivity index (χ2n) is 5.32. The van der Waals surface area contributed by atoms with E-state index in [1.54, 1.807) is 11.8 Å². The Labute approximate surface area is 119 Å². The minimum absolute atomic E-state index is 0.00565. The van der Waals surface area contributed by atoms with Crippen molar-refractivity contribution >= 4 is 17.7 Å². The van der Waals surface area contributed by atoms with Gasteiger partial charge in [0.05, 0.1) is 5.56 Å². The fourth-order valence-electron chi connectivity index (χ4n) is 2.12. The van der Waals surface area contributed by atoms with Gasteiger partial charge in [0, 0.05) is 22.7 Å². The monoisotopic (exact) mass is 278 g/mol. The lowest BCUT2D eigenvalue weighted by Gasteiger charge is -2.17. The van der Waals surface area contributed by atoms with Gasteiger partial charge >= 0.3 is 0 Å². The summed E-state index contributed by atoms with van der Waals surface area (Å²) in [7, 11) is 0. The third-order valence-electron chi connectivity index (χ3n) is 3.26. The van der Waals surface area contributed by atoms with Crippen molar-refractivity contribution in [3.63, 3.8) is 0 Å². The van der Waals surface area contributed by atoms with E-state index in [9.17, 15) is 4.79 Å². The Morgan fingerprint density at radius 3 is 2.68 bits per heavy atom. The van der Waals surface area contributed by atoms with Crippen molar-refractivity contribution in [3.05, 3.63) is 29.8 Å². The molecule has 1 atom stereocenters. The fraction of sp³-hybridized carbons (Fsp3) is 0.533. The number of carbonyl (C=O) groups is 1. The van der Waals surface area contributed by atoms with E-state index in [1.165, 1.54) is 12.8 Å². The molecule has 0 radical (unpaired) electrons. The van der Waals surface area contributed by atoms with Crippen LogP contribution in [0.3, 0.4) is 0 Å². The lowest BCUT2D eigenvalue weighted by atomic mass is 10.1. The number of rotatable bonds is 6. The highest BCUT2D eigenvalue weighted by atomic mass is 32.2. The van der Waals surface area contributed by atoms with Gasteiger partial charge in [-0.3, -0.25) is 4.79 Å². The summed E-state index contributed by atoms with van der Waals surface area (Å²) in [5.41, 5.74) is 6.50. The predicted molar refractivity (Wildman–Crippen MR) is 80.5 cm³/mol. The number of carbonyl (C=O) groups excluding carboxylic acids is 1. The van der Waals surface area contributed by atoms with Gasteiger partial charge in [0.1, 0.15) is 0 Å². The predicted octanol–water partition coefficient (Wildman–Crippen LogP) is 2.65. The number of amides is 1. The molecular formula is C15H22N2OS. The van der Waals surface area contributed by atoms with Crippen LogP contribution in [0.2, 0.25) is 0 Å². The Hall–Kier alpha value is -1.00. The molecule has 0 heterocycles. The third kappa shape index (κ3) is 3.98. The Morgan fingerprint density at radius 2 is 2.11 bits per heavy atom. The summed E-state index contributed by atoms with van der Waals surface area (Å²) in [6.45, 7) is 4.79. The second-order valence-corrected chi connectivity index (χ2v) is 6.93. The molecule has 1 fully saturated rings. The summed E-state index contributed by atoms with van der Waals surface area (Å²) >= 11 is 1.72. The van der Waals surface area contributed by atoms with Gasteiger partial charge in [0.2, 0.25) is 0 Å². The van der Waals surface area contributed by atoms with E-state index < -0.39 is 0 Å². The van der Waals surface area contributed by atoms with Gasteiger partial charge in [-0.1, -0.05) is 26.0 Å². The van der Waals surface area contributed by atoms with Crippen molar-refractivity contribution in [1.82, 2.24) is 5.32 Å². The van der Waals surface area contributed by atoms with E-state index in [0.29, 0.717) is 17.7 Å². The third-order valence-corrected chi connectivity index (χ3v) is 4.34. The summed E-state index contributed by atoms with van der Waals surface area (Å²) in [5, 5.41) is 3.54. The van der Waals surface area contributed by atoms with Crippen LogP contribution in [-0.4, -0.2) is 23.7 Å². The summed E-state index contributed by atoms with van der Waals surface area (Å²) in [6.07, 6.45) is 2.37. The Kier molecular flexibility index (Phi) is 4.88. The van der Waals surface area contributed by atoms with E-state index in [2.05, 4.69) is 19.2 Å². The van der Waals surface area contributed by atoms with E-state index in [-0.39, 0.29) is 11.9 Å². The van der Waals surface area contributed by atoms with Crippen molar-refractivity contribution in [2.45, 2.75) is 42.9 Å². The Balaban J connectivity index is 2.09. The van der Waals surface area contributed by atoms with E-state index in [4.69, 9.17) is 5.73 Å². The maximum atomic E-state index is 12.4. The van der Waals surface area contributed by atoms with Crippen LogP contribution in [-0.2, 0) is 0 Å². The van der Waals surface area contributed by atoms with Crippen LogP contribution in [0.1, 0.15) is 37.0 Å². The zero-order chi connectivity index (χ0) is 13.8. The van der Waals surface area contributed by atoms with Gasteiger partial charge in [0.25, 0.3) is 5.91 Å². The number of nitrogens with two attached hydrogens (primary N) is 1. The molecule has 0 bridgehead atoms. The molecule has 0 saturated heterocycles. The van der Waals surface area contributed by atoms with Gasteiger partial charge in [-0.2, -0.15) is 0 Å². The lowest BCUT2D eigenvalue weighted by molar-refractivity contribution is 0.0930. The van der Waals surface area contributed by atoms with Gasteiger partial charge in [-0.15, -0.1) is 11.8 Å². The van der Waals surface area contributed by atoms with Crippen molar-refractivity contribution in [2.24, 2.45) is 11.7 Å². The van der Waals surface area contributed by atoms with Crippen LogP contribution >= 0.6 is 11.8 Å². The van der Waals surface area contributed by atoms with Gasteiger partial charge in [-0.25, -0.2) is 0 Å². The molecule has 104 valence electrons. The number of benzene rings is 1. The number of nitrogens with one attached hydrogen (secondary N) is 1. The van der Waals surface area contributed by atoms with Crippen molar-refractivity contribution in [3.8, 4) is 0 Å². The molecular weight excluding hydrogens is 256 g/mol. The highest BCUT2D eigenvalue weighted by Crippen LogP contribution is 2.32. The van der Waals surface area contributed by atoms with Crippen molar-refractivity contribution in [2.75, 3.05) is 6.54 Å². The van der Waals surface area contributed by atoms with E-state index >= 15 is 0 Å². The molecule has 3 N–H and O–H groups in total. The van der Waals surface area contributed by atoms with Gasteiger partial charge in [0.15, 0.2) is 0 Å². The molecule has 1 saturated carbocycles. The first kappa shape index (κ1) is 14.4. The maximum Gasteiger partial charge on any atom is 0.252 e. The molecule has 1 aliphatic rings. The smallest absolute Gasteiger partial charge is 0.252 e. The molecule has 1 aliphatic carbocycles. The average Bonchev–Trinajstić information content (AvgIpc) is 3.20. The maximum absolute atomic E-state index is 12.4. The summed E-state index contributed by atoms with van der Waals surface area (Å²) in [6, 6.07) is 7.91. The standard InChI is InChI=1S/C15H22N2OS/c1-10(2)19-14-6-4-3-5-12(14)15(18)17-13(9-16)11-7-8-11/h3-6,10-11,13H,7-9,16H2,1-2H3,(H,17,18). The molecule has 1 unspecified atom stereocenters. The Bertz CT molecular complexity index is 444. The normalized spacial score (nSPS) is 16.4. The molecule has 1 amide bonds. The quantitative estimate of drug-likeness (QED) is 0.787. The topological polar surface area (TPSA) is 55.1 Å². The minimum atomic E-state index is 0.00565. The van der Waals surface area contributed by atoms with Gasteiger partial charge < -0.3 is 11.1 Å². The second kappa shape index (κ2) is 6.44. The highest BCUT2D eigenvalue weighted by molar-refractivity contribution is 8.00. The van der Waals surface area contributed by atoms with Crippen LogP contribution in [0.25, 0.3) is 0 Å². The van der Waals surface area contributed by atoms with Crippen LogP contribution in [0.4, 0.5) is 0 Å². The Morgan fingerprint density at radius 1 is 1.42 bits per heavy atom. The summed E-state index contributed by atoms with van der Waals surface area (Å²) in [4.78, 5) is 13.4. The summed E-state index contributed by atoms with van der Waals surface area (Å²) < 4.78 is 0. The first-order valence-electron chi connectivity index (χ1n) is 6.88. The first-order valence-corrected chi connectivity index (χ1v) is 7.76. The van der Waals surface area contributed by atoms with Gasteiger partial charge in [-0.05, 0) is 30.9 Å². The van der Waals surface area contributed by atoms with Crippen LogP contribution in [0.5, 0.6) is 0 Å². The lowest BCUT2D eigenvalue weighted by Crippen LogP contribution is -2.41. The first-order chi connectivity index (χ1) is 9.11. The van der Waals surface area contributed by atoms with Crippen LogP contribution in [0.15, 0.2) is 29.2 Å². The largest absolute Gasteiger partial charge is 0.348 e.